The van der Waals surface area contributed by atoms with Crippen molar-refractivity contribution in [3.8, 4) is 0 Å². The van der Waals surface area contributed by atoms with E-state index in [2.05, 4.69) is 10.6 Å². The average Bonchev–Trinajstić information content (AvgIpc) is 3.22. The molecular weight excluding hydrogens is 228 g/mol. The Balaban J connectivity index is 1.28. The SMILES string of the molecule is C(CNCCOCC1CC1)COC1CCNCC1. The largest absolute Gasteiger partial charge is 0.380 e. The summed E-state index contributed by atoms with van der Waals surface area (Å²) in [6.45, 7) is 6.95. The summed E-state index contributed by atoms with van der Waals surface area (Å²) in [6.07, 6.45) is 6.69. The maximum Gasteiger partial charge on any atom is 0.0599 e. The first-order chi connectivity index (χ1) is 8.95. The van der Waals surface area contributed by atoms with Gasteiger partial charge in [0.1, 0.15) is 0 Å². The fourth-order valence-corrected chi connectivity index (χ4v) is 2.21. The molecule has 1 saturated heterocycles. The lowest BCUT2D eigenvalue weighted by Gasteiger charge is -2.22. The molecule has 2 N–H and O–H groups in total. The second kappa shape index (κ2) is 8.86. The van der Waals surface area contributed by atoms with Gasteiger partial charge in [-0.25, -0.2) is 0 Å². The molecule has 2 fully saturated rings. The van der Waals surface area contributed by atoms with Gasteiger partial charge in [-0.15, -0.1) is 0 Å². The van der Waals surface area contributed by atoms with Crippen LogP contribution in [0.5, 0.6) is 0 Å². The van der Waals surface area contributed by atoms with Crippen molar-refractivity contribution in [3.63, 3.8) is 0 Å². The zero-order valence-electron chi connectivity index (χ0n) is 11.5. The van der Waals surface area contributed by atoms with Gasteiger partial charge >= 0.3 is 0 Å². The predicted molar refractivity (Wildman–Crippen MR) is 72.9 cm³/mol. The first-order valence-electron chi connectivity index (χ1n) is 7.56. The van der Waals surface area contributed by atoms with E-state index >= 15 is 0 Å². The summed E-state index contributed by atoms with van der Waals surface area (Å²) in [5, 5.41) is 6.75. The molecule has 0 amide bonds. The van der Waals surface area contributed by atoms with Crippen LogP contribution in [-0.2, 0) is 9.47 Å². The lowest BCUT2D eigenvalue weighted by Crippen LogP contribution is -2.33. The Bertz CT molecular complexity index is 204. The Morgan fingerprint density at radius 3 is 2.61 bits per heavy atom. The van der Waals surface area contributed by atoms with E-state index in [9.17, 15) is 0 Å². The van der Waals surface area contributed by atoms with E-state index in [0.29, 0.717) is 6.10 Å². The highest BCUT2D eigenvalue weighted by molar-refractivity contribution is 4.72. The molecule has 0 radical (unpaired) electrons. The molecule has 0 spiro atoms. The number of ether oxygens (including phenoxy) is 2. The predicted octanol–water partition coefficient (Wildman–Crippen LogP) is 1.16. The first kappa shape index (κ1) is 14.3. The van der Waals surface area contributed by atoms with Crippen LogP contribution >= 0.6 is 0 Å². The molecule has 0 aromatic rings. The second-order valence-electron chi connectivity index (χ2n) is 5.44. The van der Waals surface area contributed by atoms with Crippen molar-refractivity contribution >= 4 is 0 Å². The molecule has 4 nitrogen and oxygen atoms in total. The highest BCUT2D eigenvalue weighted by atomic mass is 16.5. The molecule has 4 heteroatoms. The van der Waals surface area contributed by atoms with Crippen molar-refractivity contribution in [2.45, 2.75) is 38.2 Å². The number of hydrogen-bond acceptors (Lipinski definition) is 4. The zero-order chi connectivity index (χ0) is 12.5. The van der Waals surface area contributed by atoms with Gasteiger partial charge in [-0.05, 0) is 57.7 Å². The maximum atomic E-state index is 5.84. The summed E-state index contributed by atoms with van der Waals surface area (Å²) in [5.74, 6) is 0.878. The standard InChI is InChI=1S/C14H28N2O2/c1(10-18-14-4-7-16-8-5-14)6-15-9-11-17-12-13-2-3-13/h13-16H,1-12H2. The third kappa shape index (κ3) is 6.69. The summed E-state index contributed by atoms with van der Waals surface area (Å²) in [4.78, 5) is 0. The normalized spacial score (nSPS) is 21.3. The summed E-state index contributed by atoms with van der Waals surface area (Å²) in [5.41, 5.74) is 0. The van der Waals surface area contributed by atoms with E-state index in [4.69, 9.17) is 9.47 Å². The summed E-state index contributed by atoms with van der Waals surface area (Å²) in [6, 6.07) is 0. The molecule has 0 unspecified atom stereocenters. The minimum atomic E-state index is 0.494. The Morgan fingerprint density at radius 2 is 1.83 bits per heavy atom. The van der Waals surface area contributed by atoms with Crippen LogP contribution in [-0.4, -0.2) is 52.1 Å². The van der Waals surface area contributed by atoms with Crippen LogP contribution in [0.4, 0.5) is 0 Å². The van der Waals surface area contributed by atoms with Crippen molar-refractivity contribution < 1.29 is 9.47 Å². The Labute approximate surface area is 111 Å². The van der Waals surface area contributed by atoms with E-state index in [1.54, 1.807) is 0 Å². The third-order valence-corrected chi connectivity index (χ3v) is 3.61. The lowest BCUT2D eigenvalue weighted by atomic mass is 10.1. The van der Waals surface area contributed by atoms with Gasteiger partial charge < -0.3 is 20.1 Å². The minimum Gasteiger partial charge on any atom is -0.380 e. The molecule has 106 valence electrons. The second-order valence-corrected chi connectivity index (χ2v) is 5.44. The molecule has 1 saturated carbocycles. The quantitative estimate of drug-likeness (QED) is 0.576. The molecule has 2 rings (SSSR count). The van der Waals surface area contributed by atoms with Gasteiger partial charge in [-0.2, -0.15) is 0 Å². The zero-order valence-corrected chi connectivity index (χ0v) is 11.5. The van der Waals surface area contributed by atoms with Crippen LogP contribution in [0, 0.1) is 5.92 Å². The van der Waals surface area contributed by atoms with E-state index in [1.165, 1.54) is 25.7 Å². The van der Waals surface area contributed by atoms with Gasteiger partial charge in [0.2, 0.25) is 0 Å². The fraction of sp³-hybridized carbons (Fsp3) is 1.00. The smallest absolute Gasteiger partial charge is 0.0599 e. The summed E-state index contributed by atoms with van der Waals surface area (Å²) in [7, 11) is 0. The van der Waals surface area contributed by atoms with Crippen LogP contribution in [0.1, 0.15) is 32.1 Å². The molecule has 18 heavy (non-hydrogen) atoms. The van der Waals surface area contributed by atoms with Crippen LogP contribution in [0.25, 0.3) is 0 Å². The minimum absolute atomic E-state index is 0.494. The topological polar surface area (TPSA) is 42.5 Å². The molecule has 1 aliphatic carbocycles. The molecule has 0 aromatic carbocycles. The Kier molecular flexibility index (Phi) is 7.01. The Morgan fingerprint density at radius 1 is 1.00 bits per heavy atom. The average molecular weight is 256 g/mol. The molecule has 1 heterocycles. The van der Waals surface area contributed by atoms with Gasteiger partial charge in [0, 0.05) is 19.8 Å². The lowest BCUT2D eigenvalue weighted by molar-refractivity contribution is 0.0315. The molecule has 0 atom stereocenters. The molecule has 2 aliphatic rings. The van der Waals surface area contributed by atoms with E-state index < -0.39 is 0 Å². The number of hydrogen-bond donors (Lipinski definition) is 2. The molecule has 0 aromatic heterocycles. The Hall–Kier alpha value is -0.160. The van der Waals surface area contributed by atoms with Crippen LogP contribution in [0.3, 0.4) is 0 Å². The highest BCUT2D eigenvalue weighted by Gasteiger charge is 2.20. The number of nitrogens with one attached hydrogen (secondary N) is 2. The molecular formula is C14H28N2O2. The van der Waals surface area contributed by atoms with Crippen molar-refractivity contribution in [2.75, 3.05) is 46.0 Å². The summed E-state index contributed by atoms with van der Waals surface area (Å²) >= 11 is 0. The van der Waals surface area contributed by atoms with Gasteiger partial charge in [0.05, 0.1) is 12.7 Å². The van der Waals surface area contributed by atoms with Gasteiger partial charge in [0.15, 0.2) is 0 Å². The van der Waals surface area contributed by atoms with Crippen LogP contribution in [0.15, 0.2) is 0 Å². The number of rotatable bonds is 10. The monoisotopic (exact) mass is 256 g/mol. The van der Waals surface area contributed by atoms with Crippen molar-refractivity contribution in [2.24, 2.45) is 5.92 Å². The van der Waals surface area contributed by atoms with E-state index in [1.807, 2.05) is 0 Å². The van der Waals surface area contributed by atoms with E-state index in [-0.39, 0.29) is 0 Å². The van der Waals surface area contributed by atoms with Gasteiger partial charge in [0.25, 0.3) is 0 Å². The molecule has 0 bridgehead atoms. The summed E-state index contributed by atoms with van der Waals surface area (Å²) < 4.78 is 11.4. The first-order valence-corrected chi connectivity index (χ1v) is 7.56. The van der Waals surface area contributed by atoms with Gasteiger partial charge in [-0.3, -0.25) is 0 Å². The third-order valence-electron chi connectivity index (χ3n) is 3.61. The van der Waals surface area contributed by atoms with Crippen molar-refractivity contribution in [3.05, 3.63) is 0 Å². The highest BCUT2D eigenvalue weighted by Crippen LogP contribution is 2.28. The van der Waals surface area contributed by atoms with Crippen LogP contribution in [0.2, 0.25) is 0 Å². The van der Waals surface area contributed by atoms with Gasteiger partial charge in [-0.1, -0.05) is 0 Å². The fourth-order valence-electron chi connectivity index (χ4n) is 2.21. The number of piperidine rings is 1. The van der Waals surface area contributed by atoms with Crippen molar-refractivity contribution in [1.82, 2.24) is 10.6 Å². The van der Waals surface area contributed by atoms with Crippen LogP contribution < -0.4 is 10.6 Å². The maximum absolute atomic E-state index is 5.84. The molecule has 1 aliphatic heterocycles. The van der Waals surface area contributed by atoms with E-state index in [0.717, 1.165) is 58.3 Å². The van der Waals surface area contributed by atoms with Crippen molar-refractivity contribution in [1.29, 1.82) is 0 Å².